The maximum absolute atomic E-state index is 5.33. The van der Waals surface area contributed by atoms with Crippen LogP contribution in [-0.2, 0) is 6.42 Å². The third-order valence-electron chi connectivity index (χ3n) is 3.85. The molecule has 0 bridgehead atoms. The standard InChI is InChI=1S/C16H25NOS2/c1-4-15-16(20-9-8-19-15)14(17-2)11-12-6-5-7-13(10-12)18-3/h5-7,10,14-17H,4,8-9,11H2,1-3H3. The van der Waals surface area contributed by atoms with Crippen LogP contribution in [0.4, 0.5) is 0 Å². The van der Waals surface area contributed by atoms with Crippen molar-refractivity contribution in [2.24, 2.45) is 0 Å². The number of rotatable bonds is 6. The molecule has 1 aliphatic rings. The molecule has 0 aromatic heterocycles. The van der Waals surface area contributed by atoms with E-state index in [-0.39, 0.29) is 0 Å². The number of benzene rings is 1. The van der Waals surface area contributed by atoms with Crippen molar-refractivity contribution in [3.05, 3.63) is 29.8 Å². The molecule has 4 heteroatoms. The Morgan fingerprint density at radius 1 is 1.35 bits per heavy atom. The molecule has 112 valence electrons. The summed E-state index contributed by atoms with van der Waals surface area (Å²) in [5.74, 6) is 3.53. The van der Waals surface area contributed by atoms with Crippen molar-refractivity contribution in [2.45, 2.75) is 36.3 Å². The van der Waals surface area contributed by atoms with Gasteiger partial charge >= 0.3 is 0 Å². The fourth-order valence-electron chi connectivity index (χ4n) is 2.75. The Bertz CT molecular complexity index is 413. The van der Waals surface area contributed by atoms with E-state index in [4.69, 9.17) is 4.74 Å². The first-order valence-electron chi connectivity index (χ1n) is 7.31. The molecule has 0 aliphatic carbocycles. The summed E-state index contributed by atoms with van der Waals surface area (Å²) in [7, 11) is 3.83. The number of hydrogen-bond donors (Lipinski definition) is 1. The van der Waals surface area contributed by atoms with E-state index >= 15 is 0 Å². The molecule has 0 spiro atoms. The van der Waals surface area contributed by atoms with Gasteiger partial charge in [0, 0.05) is 28.0 Å². The number of hydrogen-bond acceptors (Lipinski definition) is 4. The van der Waals surface area contributed by atoms with Gasteiger partial charge in [-0.25, -0.2) is 0 Å². The Kier molecular flexibility index (Phi) is 6.59. The number of nitrogens with one attached hydrogen (secondary N) is 1. The van der Waals surface area contributed by atoms with Gasteiger partial charge in [0.1, 0.15) is 5.75 Å². The maximum atomic E-state index is 5.33. The molecule has 1 aliphatic heterocycles. The highest BCUT2D eigenvalue weighted by Crippen LogP contribution is 2.36. The molecule has 1 saturated heterocycles. The Morgan fingerprint density at radius 3 is 2.85 bits per heavy atom. The maximum Gasteiger partial charge on any atom is 0.119 e. The minimum Gasteiger partial charge on any atom is -0.497 e. The van der Waals surface area contributed by atoms with E-state index in [9.17, 15) is 0 Å². The molecule has 1 heterocycles. The van der Waals surface area contributed by atoms with Crippen LogP contribution in [0.1, 0.15) is 18.9 Å². The smallest absolute Gasteiger partial charge is 0.119 e. The number of ether oxygens (including phenoxy) is 1. The summed E-state index contributed by atoms with van der Waals surface area (Å²) >= 11 is 4.29. The molecule has 1 fully saturated rings. The van der Waals surface area contributed by atoms with Gasteiger partial charge in [0.25, 0.3) is 0 Å². The Hall–Kier alpha value is -0.320. The van der Waals surface area contributed by atoms with Crippen LogP contribution in [0.3, 0.4) is 0 Å². The lowest BCUT2D eigenvalue weighted by Gasteiger charge is -2.36. The second kappa shape index (κ2) is 8.20. The first-order chi connectivity index (χ1) is 9.78. The SMILES string of the molecule is CCC1SCCSC1C(Cc1cccc(OC)c1)NC. The second-order valence-corrected chi connectivity index (χ2v) is 7.74. The molecule has 3 atom stereocenters. The lowest BCUT2D eigenvalue weighted by Crippen LogP contribution is -2.44. The number of thioether (sulfide) groups is 2. The van der Waals surface area contributed by atoms with E-state index in [0.717, 1.165) is 17.4 Å². The molecule has 1 N–H and O–H groups in total. The van der Waals surface area contributed by atoms with Crippen LogP contribution in [0.5, 0.6) is 5.75 Å². The van der Waals surface area contributed by atoms with Crippen LogP contribution in [0.25, 0.3) is 0 Å². The van der Waals surface area contributed by atoms with Gasteiger partial charge in [-0.1, -0.05) is 19.1 Å². The summed E-state index contributed by atoms with van der Waals surface area (Å²) in [5, 5.41) is 5.03. The second-order valence-electron chi connectivity index (χ2n) is 5.10. The third-order valence-corrected chi connectivity index (χ3v) is 7.26. The van der Waals surface area contributed by atoms with Crippen LogP contribution in [0, 0.1) is 0 Å². The summed E-state index contributed by atoms with van der Waals surface area (Å²) in [6.07, 6.45) is 2.33. The predicted octanol–water partition coefficient (Wildman–Crippen LogP) is 3.45. The fourth-order valence-corrected chi connectivity index (χ4v) is 6.05. The highest BCUT2D eigenvalue weighted by atomic mass is 32.2. The van der Waals surface area contributed by atoms with Crippen molar-refractivity contribution in [1.29, 1.82) is 0 Å². The van der Waals surface area contributed by atoms with Crippen molar-refractivity contribution in [3.8, 4) is 5.75 Å². The molecule has 2 nitrogen and oxygen atoms in total. The van der Waals surface area contributed by atoms with Crippen LogP contribution in [-0.4, -0.2) is 42.2 Å². The van der Waals surface area contributed by atoms with Crippen molar-refractivity contribution in [3.63, 3.8) is 0 Å². The van der Waals surface area contributed by atoms with E-state index in [0.29, 0.717) is 11.3 Å². The third kappa shape index (κ3) is 4.09. The minimum absolute atomic E-state index is 0.532. The van der Waals surface area contributed by atoms with Gasteiger partial charge in [-0.2, -0.15) is 23.5 Å². The van der Waals surface area contributed by atoms with E-state index < -0.39 is 0 Å². The zero-order valence-electron chi connectivity index (χ0n) is 12.6. The molecule has 2 rings (SSSR count). The summed E-state index contributed by atoms with van der Waals surface area (Å²) in [4.78, 5) is 0. The van der Waals surface area contributed by atoms with Gasteiger partial charge in [-0.3, -0.25) is 0 Å². The monoisotopic (exact) mass is 311 g/mol. The summed E-state index contributed by atoms with van der Waals surface area (Å²) < 4.78 is 5.33. The predicted molar refractivity (Wildman–Crippen MR) is 92.3 cm³/mol. The summed E-state index contributed by atoms with van der Waals surface area (Å²) in [6, 6.07) is 8.99. The number of methoxy groups -OCH3 is 1. The molecule has 20 heavy (non-hydrogen) atoms. The number of likely N-dealkylation sites (N-methyl/N-ethyl adjacent to an activating group) is 1. The quantitative estimate of drug-likeness (QED) is 0.868. The molecule has 0 saturated carbocycles. The zero-order valence-corrected chi connectivity index (χ0v) is 14.2. The molecular weight excluding hydrogens is 286 g/mol. The van der Waals surface area contributed by atoms with Crippen LogP contribution in [0.15, 0.2) is 24.3 Å². The highest BCUT2D eigenvalue weighted by Gasteiger charge is 2.31. The van der Waals surface area contributed by atoms with Crippen molar-refractivity contribution < 1.29 is 4.74 Å². The molecule has 1 aromatic carbocycles. The van der Waals surface area contributed by atoms with Gasteiger partial charge in [-0.15, -0.1) is 0 Å². The first kappa shape index (κ1) is 16.1. The van der Waals surface area contributed by atoms with E-state index in [1.807, 2.05) is 6.07 Å². The fraction of sp³-hybridized carbons (Fsp3) is 0.625. The molecule has 0 amide bonds. The largest absolute Gasteiger partial charge is 0.497 e. The Morgan fingerprint density at radius 2 is 2.15 bits per heavy atom. The van der Waals surface area contributed by atoms with Crippen LogP contribution in [0.2, 0.25) is 0 Å². The average molecular weight is 312 g/mol. The molecule has 3 unspecified atom stereocenters. The lowest BCUT2D eigenvalue weighted by atomic mass is 10.00. The van der Waals surface area contributed by atoms with Gasteiger partial charge in [0.15, 0.2) is 0 Å². The molecular formula is C16H25NOS2. The minimum atomic E-state index is 0.532. The Labute approximate surface area is 131 Å². The van der Waals surface area contributed by atoms with E-state index in [2.05, 4.69) is 61.0 Å². The van der Waals surface area contributed by atoms with E-state index in [1.165, 1.54) is 23.5 Å². The van der Waals surface area contributed by atoms with Gasteiger partial charge in [0.05, 0.1) is 7.11 Å². The first-order valence-corrected chi connectivity index (χ1v) is 9.41. The molecule has 1 aromatic rings. The van der Waals surface area contributed by atoms with Gasteiger partial charge < -0.3 is 10.1 Å². The van der Waals surface area contributed by atoms with Crippen LogP contribution >= 0.6 is 23.5 Å². The lowest BCUT2D eigenvalue weighted by molar-refractivity contribution is 0.413. The normalized spacial score (nSPS) is 24.4. The highest BCUT2D eigenvalue weighted by molar-refractivity contribution is 8.07. The molecule has 0 radical (unpaired) electrons. The topological polar surface area (TPSA) is 21.3 Å². The summed E-state index contributed by atoms with van der Waals surface area (Å²) in [6.45, 7) is 2.31. The van der Waals surface area contributed by atoms with Crippen LogP contribution < -0.4 is 10.1 Å². The van der Waals surface area contributed by atoms with E-state index in [1.54, 1.807) is 7.11 Å². The van der Waals surface area contributed by atoms with Gasteiger partial charge in [-0.05, 0) is 37.6 Å². The van der Waals surface area contributed by atoms with Gasteiger partial charge in [0.2, 0.25) is 0 Å². The Balaban J connectivity index is 2.06. The van der Waals surface area contributed by atoms with Crippen molar-refractivity contribution in [2.75, 3.05) is 25.7 Å². The van der Waals surface area contributed by atoms with Crippen molar-refractivity contribution in [1.82, 2.24) is 5.32 Å². The average Bonchev–Trinajstić information content (AvgIpc) is 2.52. The summed E-state index contributed by atoms with van der Waals surface area (Å²) in [5.41, 5.74) is 1.36. The van der Waals surface area contributed by atoms with Crippen molar-refractivity contribution >= 4 is 23.5 Å². The zero-order chi connectivity index (χ0) is 14.4.